The Hall–Kier alpha value is -4.28. The van der Waals surface area contributed by atoms with Crippen molar-refractivity contribution in [2.75, 3.05) is 6.61 Å². The highest BCUT2D eigenvalue weighted by atomic mass is 16.6. The number of hydrogen-bond acceptors (Lipinski definition) is 7. The molecular formula is C24H27N3O8. The zero-order chi connectivity index (χ0) is 26.0. The third kappa shape index (κ3) is 8.22. The van der Waals surface area contributed by atoms with E-state index < -0.39 is 53.1 Å². The Kier molecular flexibility index (Phi) is 9.88. The molecule has 3 atom stereocenters. The predicted molar refractivity (Wildman–Crippen MR) is 124 cm³/mol. The van der Waals surface area contributed by atoms with E-state index in [4.69, 9.17) is 4.74 Å². The Bertz CT molecular complexity index is 1060. The van der Waals surface area contributed by atoms with Gasteiger partial charge < -0.3 is 20.5 Å². The number of hydrogen-bond donors (Lipinski definition) is 3. The zero-order valence-electron chi connectivity index (χ0n) is 19.3. The molecular weight excluding hydrogens is 458 g/mol. The first-order valence-electron chi connectivity index (χ1n) is 10.9. The van der Waals surface area contributed by atoms with Crippen LogP contribution in [0.5, 0.6) is 0 Å². The molecule has 2 rings (SSSR count). The highest BCUT2D eigenvalue weighted by Gasteiger charge is 2.35. The van der Waals surface area contributed by atoms with Gasteiger partial charge in [-0.1, -0.05) is 42.5 Å². The number of nitro benzene ring substituents is 1. The largest absolute Gasteiger partial charge is 0.480 e. The topological polar surface area (TPSA) is 165 Å². The van der Waals surface area contributed by atoms with Crippen LogP contribution in [0.15, 0.2) is 54.6 Å². The fourth-order valence-electron chi connectivity index (χ4n) is 3.56. The number of carboxylic acid groups (broad SMARTS) is 1. The van der Waals surface area contributed by atoms with Crippen LogP contribution in [0.3, 0.4) is 0 Å². The molecule has 0 aromatic heterocycles. The lowest BCUT2D eigenvalue weighted by atomic mass is 9.88. The monoisotopic (exact) mass is 485 g/mol. The summed E-state index contributed by atoms with van der Waals surface area (Å²) in [6.45, 7) is 2.90. The van der Waals surface area contributed by atoms with E-state index in [9.17, 15) is 34.4 Å². The van der Waals surface area contributed by atoms with Crippen molar-refractivity contribution in [3.63, 3.8) is 0 Å². The molecule has 35 heavy (non-hydrogen) atoms. The number of carbonyl (C=O) groups is 4. The van der Waals surface area contributed by atoms with Crippen LogP contribution in [-0.2, 0) is 30.3 Å². The lowest BCUT2D eigenvalue weighted by Gasteiger charge is -2.27. The second kappa shape index (κ2) is 12.8. The molecule has 2 aromatic carbocycles. The fourth-order valence-corrected chi connectivity index (χ4v) is 3.56. The molecule has 11 heteroatoms. The molecule has 0 saturated heterocycles. The maximum atomic E-state index is 13.1. The van der Waals surface area contributed by atoms with Gasteiger partial charge in [0.2, 0.25) is 11.8 Å². The van der Waals surface area contributed by atoms with Gasteiger partial charge in [-0.2, -0.15) is 0 Å². The number of ether oxygens (including phenoxy) is 1. The van der Waals surface area contributed by atoms with Crippen molar-refractivity contribution in [1.29, 1.82) is 0 Å². The highest BCUT2D eigenvalue weighted by molar-refractivity contribution is 5.91. The first-order valence-corrected chi connectivity index (χ1v) is 10.9. The van der Waals surface area contributed by atoms with Crippen molar-refractivity contribution in [3.05, 3.63) is 75.8 Å². The standard InChI is InChI=1S/C24H27N3O8/c1-3-35-21(29)14-19(17-9-11-18(12-10-17)27(33)34)22(24(31)32)26-23(30)20(25-15(2)28)13-16-7-5-4-6-8-16/h4-12,19-20,22H,3,13-14H2,1-2H3,(H,25,28)(H,26,30)(H,31,32)/t19-,20-,22-/m0/s1. The number of non-ortho nitro benzene ring substituents is 1. The molecule has 0 heterocycles. The minimum atomic E-state index is -1.58. The number of carboxylic acids is 1. The summed E-state index contributed by atoms with van der Waals surface area (Å²) in [4.78, 5) is 59.6. The van der Waals surface area contributed by atoms with E-state index in [0.29, 0.717) is 0 Å². The summed E-state index contributed by atoms with van der Waals surface area (Å²) in [5, 5.41) is 25.9. The summed E-state index contributed by atoms with van der Waals surface area (Å²) in [7, 11) is 0. The molecule has 0 unspecified atom stereocenters. The molecule has 11 nitrogen and oxygen atoms in total. The first kappa shape index (κ1) is 27.0. The summed E-state index contributed by atoms with van der Waals surface area (Å²) in [6.07, 6.45) is -0.287. The number of nitro groups is 1. The second-order valence-electron chi connectivity index (χ2n) is 7.73. The van der Waals surface area contributed by atoms with Gasteiger partial charge in [-0.25, -0.2) is 4.79 Å². The fraction of sp³-hybridized carbons (Fsp3) is 0.333. The van der Waals surface area contributed by atoms with Gasteiger partial charge in [-0.05, 0) is 18.1 Å². The summed E-state index contributed by atoms with van der Waals surface area (Å²) >= 11 is 0. The van der Waals surface area contributed by atoms with Crippen molar-refractivity contribution in [1.82, 2.24) is 10.6 Å². The Labute approximate surface area is 201 Å². The summed E-state index contributed by atoms with van der Waals surface area (Å²) in [5.41, 5.74) is 0.815. The molecule has 186 valence electrons. The van der Waals surface area contributed by atoms with Crippen molar-refractivity contribution in [2.45, 2.75) is 44.7 Å². The number of nitrogens with zero attached hydrogens (tertiary/aromatic N) is 1. The first-order chi connectivity index (χ1) is 16.6. The average Bonchev–Trinajstić information content (AvgIpc) is 2.81. The molecule has 0 fully saturated rings. The van der Waals surface area contributed by atoms with Crippen LogP contribution in [0.1, 0.15) is 37.3 Å². The van der Waals surface area contributed by atoms with Crippen LogP contribution in [0.2, 0.25) is 0 Å². The Morgan fingerprint density at radius 3 is 2.17 bits per heavy atom. The lowest BCUT2D eigenvalue weighted by Crippen LogP contribution is -2.54. The minimum absolute atomic E-state index is 0.0671. The molecule has 0 aliphatic heterocycles. The van der Waals surface area contributed by atoms with E-state index in [2.05, 4.69) is 10.6 Å². The van der Waals surface area contributed by atoms with Crippen LogP contribution >= 0.6 is 0 Å². The molecule has 0 bridgehead atoms. The number of aliphatic carboxylic acids is 1. The summed E-state index contributed by atoms with van der Waals surface area (Å²) in [5.74, 6) is -4.45. The SMILES string of the molecule is CCOC(=O)C[C@@H](c1ccc([N+](=O)[O-])cc1)[C@H](NC(=O)[C@H](Cc1ccccc1)NC(C)=O)C(=O)O. The molecule has 0 aliphatic carbocycles. The van der Waals surface area contributed by atoms with E-state index in [-0.39, 0.29) is 24.3 Å². The summed E-state index contributed by atoms with van der Waals surface area (Å²) in [6, 6.07) is 11.2. The van der Waals surface area contributed by atoms with Crippen molar-refractivity contribution < 1.29 is 33.9 Å². The molecule has 2 amide bonds. The Morgan fingerprint density at radius 2 is 1.66 bits per heavy atom. The number of carbonyl (C=O) groups excluding carboxylic acids is 3. The minimum Gasteiger partial charge on any atom is -0.480 e. The predicted octanol–water partition coefficient (Wildman–Crippen LogP) is 1.95. The number of rotatable bonds is 12. The van der Waals surface area contributed by atoms with Crippen LogP contribution in [0.25, 0.3) is 0 Å². The lowest BCUT2D eigenvalue weighted by molar-refractivity contribution is -0.384. The van der Waals surface area contributed by atoms with Gasteiger partial charge in [-0.3, -0.25) is 24.5 Å². The maximum Gasteiger partial charge on any atom is 0.326 e. The van der Waals surface area contributed by atoms with Gasteiger partial charge in [0.1, 0.15) is 12.1 Å². The third-order valence-electron chi connectivity index (χ3n) is 5.17. The van der Waals surface area contributed by atoms with Gasteiger partial charge in [0.25, 0.3) is 5.69 Å². The van der Waals surface area contributed by atoms with Crippen LogP contribution < -0.4 is 10.6 Å². The normalized spacial score (nSPS) is 13.1. The van der Waals surface area contributed by atoms with Crippen molar-refractivity contribution in [3.8, 4) is 0 Å². The maximum absolute atomic E-state index is 13.1. The molecule has 0 spiro atoms. The second-order valence-corrected chi connectivity index (χ2v) is 7.73. The van der Waals surface area contributed by atoms with Gasteiger partial charge in [0, 0.05) is 31.4 Å². The number of nitrogens with one attached hydrogen (secondary N) is 2. The summed E-state index contributed by atoms with van der Waals surface area (Å²) < 4.78 is 4.96. The third-order valence-corrected chi connectivity index (χ3v) is 5.17. The molecule has 0 radical (unpaired) electrons. The quantitative estimate of drug-likeness (QED) is 0.233. The van der Waals surface area contributed by atoms with Gasteiger partial charge >= 0.3 is 11.9 Å². The number of esters is 1. The van der Waals surface area contributed by atoms with Crippen LogP contribution in [-0.4, -0.2) is 52.5 Å². The van der Waals surface area contributed by atoms with Gasteiger partial charge in [-0.15, -0.1) is 0 Å². The van der Waals surface area contributed by atoms with E-state index >= 15 is 0 Å². The van der Waals surface area contributed by atoms with Gasteiger partial charge in [0.05, 0.1) is 18.0 Å². The molecule has 0 aliphatic rings. The van der Waals surface area contributed by atoms with E-state index in [1.807, 2.05) is 0 Å². The number of benzene rings is 2. The average molecular weight is 485 g/mol. The molecule has 0 saturated carbocycles. The van der Waals surface area contributed by atoms with Crippen molar-refractivity contribution >= 4 is 29.4 Å². The van der Waals surface area contributed by atoms with E-state index in [0.717, 1.165) is 5.56 Å². The van der Waals surface area contributed by atoms with Crippen LogP contribution in [0.4, 0.5) is 5.69 Å². The van der Waals surface area contributed by atoms with Crippen molar-refractivity contribution in [2.24, 2.45) is 0 Å². The van der Waals surface area contributed by atoms with Gasteiger partial charge in [0.15, 0.2) is 0 Å². The Morgan fingerprint density at radius 1 is 1.03 bits per heavy atom. The molecule has 2 aromatic rings. The zero-order valence-corrected chi connectivity index (χ0v) is 19.3. The van der Waals surface area contributed by atoms with E-state index in [1.165, 1.54) is 31.2 Å². The van der Waals surface area contributed by atoms with Crippen LogP contribution in [0, 0.1) is 10.1 Å². The number of amides is 2. The highest BCUT2D eigenvalue weighted by Crippen LogP contribution is 2.27. The smallest absolute Gasteiger partial charge is 0.326 e. The van der Waals surface area contributed by atoms with E-state index in [1.54, 1.807) is 37.3 Å². The Balaban J connectivity index is 2.36. The molecule has 3 N–H and O–H groups in total.